The molecule has 0 aliphatic rings. The van der Waals surface area contributed by atoms with Crippen LogP contribution in [-0.4, -0.2) is 35.5 Å². The van der Waals surface area contributed by atoms with Gasteiger partial charge in [-0.05, 0) is 0 Å². The number of rotatable bonds is 4. The number of halogens is 7. The molecule has 0 rings (SSSR count). The van der Waals surface area contributed by atoms with Gasteiger partial charge < -0.3 is 5.11 Å². The maximum absolute atomic E-state index is 12.6. The first kappa shape index (κ1) is 14.9. The summed E-state index contributed by atoms with van der Waals surface area (Å²) in [6.45, 7) is 2.44. The van der Waals surface area contributed by atoms with E-state index in [4.69, 9.17) is 5.11 Å². The van der Waals surface area contributed by atoms with Gasteiger partial charge in [-0.25, -0.2) is 0 Å². The van der Waals surface area contributed by atoms with Gasteiger partial charge in [-0.3, -0.25) is 4.79 Å². The Morgan fingerprint density at radius 2 is 1.50 bits per heavy atom. The molecule has 0 aliphatic carbocycles. The van der Waals surface area contributed by atoms with Crippen LogP contribution in [0.1, 0.15) is 0 Å². The lowest BCUT2D eigenvalue weighted by Crippen LogP contribution is -2.58. The minimum Gasteiger partial charge on any atom is -0.382 e. The van der Waals surface area contributed by atoms with E-state index in [1.807, 2.05) is 0 Å². The predicted octanol–water partition coefficient (Wildman–Crippen LogP) is 1.94. The fourth-order valence-corrected chi connectivity index (χ4v) is 0.658. The topological polar surface area (TPSA) is 37.3 Å². The van der Waals surface area contributed by atoms with Gasteiger partial charge in [0.1, 0.15) is 6.29 Å². The van der Waals surface area contributed by atoms with E-state index >= 15 is 0 Å². The van der Waals surface area contributed by atoms with E-state index in [0.717, 1.165) is 0 Å². The molecule has 0 aliphatic heterocycles. The molecule has 0 aromatic carbocycles. The lowest BCUT2D eigenvalue weighted by atomic mass is 10.00. The van der Waals surface area contributed by atoms with E-state index in [9.17, 15) is 35.5 Å². The summed E-state index contributed by atoms with van der Waals surface area (Å²) in [5.74, 6) is -12.3. The second kappa shape index (κ2) is 4.04. The molecule has 0 spiro atoms. The third-order valence-corrected chi connectivity index (χ3v) is 1.62. The summed E-state index contributed by atoms with van der Waals surface area (Å²) in [5.41, 5.74) is -1.48. The molecule has 1 unspecified atom stereocenters. The molecule has 1 N–H and O–H groups in total. The first-order chi connectivity index (χ1) is 6.89. The van der Waals surface area contributed by atoms with Gasteiger partial charge in [-0.15, -0.1) is 0 Å². The SMILES string of the molecule is C=C(C=O)C(O)C(F)(F)C(F)(F)C(F)(F)F. The Morgan fingerprint density at radius 3 is 1.75 bits per heavy atom. The van der Waals surface area contributed by atoms with Gasteiger partial charge in [0.25, 0.3) is 0 Å². The summed E-state index contributed by atoms with van der Waals surface area (Å²) in [7, 11) is 0. The molecule has 0 saturated carbocycles. The van der Waals surface area contributed by atoms with Crippen molar-refractivity contribution in [2.24, 2.45) is 0 Å². The maximum Gasteiger partial charge on any atom is 0.459 e. The lowest BCUT2D eigenvalue weighted by molar-refractivity contribution is -0.367. The molecule has 0 heterocycles. The highest BCUT2D eigenvalue weighted by Crippen LogP contribution is 2.48. The van der Waals surface area contributed by atoms with Crippen LogP contribution in [-0.2, 0) is 4.79 Å². The zero-order valence-electron chi connectivity index (χ0n) is 7.36. The van der Waals surface area contributed by atoms with Gasteiger partial charge >= 0.3 is 18.0 Å². The second-order valence-electron chi connectivity index (χ2n) is 2.79. The van der Waals surface area contributed by atoms with Crippen molar-refractivity contribution in [1.82, 2.24) is 0 Å². The minimum atomic E-state index is -6.55. The van der Waals surface area contributed by atoms with E-state index in [1.165, 1.54) is 0 Å². The average molecular weight is 254 g/mol. The number of aliphatic hydroxyl groups excluding tert-OH is 1. The molecule has 0 fully saturated rings. The lowest BCUT2D eigenvalue weighted by Gasteiger charge is -2.31. The van der Waals surface area contributed by atoms with Gasteiger partial charge in [0.2, 0.25) is 0 Å². The zero-order chi connectivity index (χ0) is 13.4. The van der Waals surface area contributed by atoms with Crippen molar-refractivity contribution < 1.29 is 40.6 Å². The number of alkyl halides is 7. The van der Waals surface area contributed by atoms with E-state index < -0.39 is 36.0 Å². The molecule has 94 valence electrons. The van der Waals surface area contributed by atoms with E-state index in [1.54, 1.807) is 0 Å². The standard InChI is InChI=1S/C7H5F7O2/c1-3(2-15)4(16)5(8,9)6(10,11)7(12,13)14/h2,4,16H,1H2. The van der Waals surface area contributed by atoms with Crippen molar-refractivity contribution in [3.8, 4) is 0 Å². The summed E-state index contributed by atoms with van der Waals surface area (Å²) in [6, 6.07) is 0. The van der Waals surface area contributed by atoms with Crippen molar-refractivity contribution in [3.05, 3.63) is 12.2 Å². The van der Waals surface area contributed by atoms with Gasteiger partial charge in [0, 0.05) is 5.57 Å². The van der Waals surface area contributed by atoms with E-state index in [-0.39, 0.29) is 0 Å². The molecule has 0 bridgehead atoms. The Hall–Kier alpha value is -1.12. The Morgan fingerprint density at radius 1 is 1.12 bits per heavy atom. The van der Waals surface area contributed by atoms with Crippen LogP contribution in [0.25, 0.3) is 0 Å². The fourth-order valence-electron chi connectivity index (χ4n) is 0.658. The summed E-state index contributed by atoms with van der Waals surface area (Å²) < 4.78 is 84.5. The summed E-state index contributed by atoms with van der Waals surface area (Å²) >= 11 is 0. The highest BCUT2D eigenvalue weighted by molar-refractivity contribution is 5.74. The van der Waals surface area contributed by atoms with Crippen LogP contribution in [0.2, 0.25) is 0 Å². The number of hydrogen-bond donors (Lipinski definition) is 1. The zero-order valence-corrected chi connectivity index (χ0v) is 7.36. The molecule has 0 saturated heterocycles. The van der Waals surface area contributed by atoms with Crippen LogP contribution in [0.3, 0.4) is 0 Å². The number of hydrogen-bond acceptors (Lipinski definition) is 2. The van der Waals surface area contributed by atoms with Crippen LogP contribution < -0.4 is 0 Å². The molecule has 0 amide bonds. The largest absolute Gasteiger partial charge is 0.459 e. The number of carbonyl (C=O) groups is 1. The molecule has 16 heavy (non-hydrogen) atoms. The molecule has 1 atom stereocenters. The monoisotopic (exact) mass is 254 g/mol. The Balaban J connectivity index is 5.35. The van der Waals surface area contributed by atoms with Crippen LogP contribution in [0.15, 0.2) is 12.2 Å². The Kier molecular flexibility index (Phi) is 3.76. The summed E-state index contributed by atoms with van der Waals surface area (Å²) in [5, 5.41) is 8.48. The minimum absolute atomic E-state index is 0.537. The van der Waals surface area contributed by atoms with Crippen LogP contribution in [0.5, 0.6) is 0 Å². The van der Waals surface area contributed by atoms with Crippen LogP contribution >= 0.6 is 0 Å². The summed E-state index contributed by atoms with van der Waals surface area (Å²) in [4.78, 5) is 9.85. The number of aldehydes is 1. The molecule has 0 radical (unpaired) electrons. The van der Waals surface area contributed by atoms with Gasteiger partial charge in [-0.1, -0.05) is 6.58 Å². The number of carbonyl (C=O) groups excluding carboxylic acids is 1. The van der Waals surface area contributed by atoms with Gasteiger partial charge in [0.15, 0.2) is 6.10 Å². The fraction of sp³-hybridized carbons (Fsp3) is 0.571. The van der Waals surface area contributed by atoms with E-state index in [0.29, 0.717) is 0 Å². The Bertz CT molecular complexity index is 294. The first-order valence-electron chi connectivity index (χ1n) is 3.54. The molecule has 0 aromatic heterocycles. The van der Waals surface area contributed by atoms with Crippen molar-refractivity contribution in [2.45, 2.75) is 24.1 Å². The smallest absolute Gasteiger partial charge is 0.382 e. The van der Waals surface area contributed by atoms with Crippen molar-refractivity contribution in [1.29, 1.82) is 0 Å². The van der Waals surface area contributed by atoms with Crippen molar-refractivity contribution in [3.63, 3.8) is 0 Å². The van der Waals surface area contributed by atoms with E-state index in [2.05, 4.69) is 6.58 Å². The van der Waals surface area contributed by atoms with Crippen molar-refractivity contribution >= 4 is 6.29 Å². The first-order valence-corrected chi connectivity index (χ1v) is 3.54. The molecule has 0 aromatic rings. The molecular weight excluding hydrogens is 249 g/mol. The van der Waals surface area contributed by atoms with Gasteiger partial charge in [0.05, 0.1) is 0 Å². The maximum atomic E-state index is 12.6. The third-order valence-electron chi connectivity index (χ3n) is 1.62. The molecule has 2 nitrogen and oxygen atoms in total. The Labute approximate surface area is 84.4 Å². The average Bonchev–Trinajstić information content (AvgIpc) is 2.13. The van der Waals surface area contributed by atoms with Crippen LogP contribution in [0.4, 0.5) is 30.7 Å². The summed E-state index contributed by atoms with van der Waals surface area (Å²) in [6.07, 6.45) is -10.7. The van der Waals surface area contributed by atoms with Crippen molar-refractivity contribution in [2.75, 3.05) is 0 Å². The molecule has 9 heteroatoms. The second-order valence-corrected chi connectivity index (χ2v) is 2.79. The molecular formula is C7H5F7O2. The number of aliphatic hydroxyl groups is 1. The quantitative estimate of drug-likeness (QED) is 0.473. The predicted molar refractivity (Wildman–Crippen MR) is 37.2 cm³/mol. The normalized spacial score (nSPS) is 15.8. The third kappa shape index (κ3) is 2.18. The highest BCUT2D eigenvalue weighted by Gasteiger charge is 2.75. The van der Waals surface area contributed by atoms with Gasteiger partial charge in [-0.2, -0.15) is 30.7 Å². The van der Waals surface area contributed by atoms with Crippen LogP contribution in [0, 0.1) is 0 Å². The highest BCUT2D eigenvalue weighted by atomic mass is 19.4.